The molecule has 1 atom stereocenters. The molecular formula is C13H17N3O2. The molecule has 1 heterocycles. The van der Waals surface area contributed by atoms with E-state index in [1.54, 1.807) is 13.8 Å². The largest absolute Gasteiger partial charge is 0.381 e. The fourth-order valence-electron chi connectivity index (χ4n) is 1.55. The van der Waals surface area contributed by atoms with Crippen molar-refractivity contribution in [2.24, 2.45) is 5.73 Å². The van der Waals surface area contributed by atoms with Crippen LogP contribution < -0.4 is 5.73 Å². The summed E-state index contributed by atoms with van der Waals surface area (Å²) in [5.41, 5.74) is 6.52. The molecule has 0 spiro atoms. The molecule has 1 aromatic carbocycles. The van der Waals surface area contributed by atoms with Crippen molar-refractivity contribution >= 4 is 0 Å². The van der Waals surface area contributed by atoms with E-state index >= 15 is 0 Å². The van der Waals surface area contributed by atoms with Gasteiger partial charge >= 0.3 is 0 Å². The molecule has 0 amide bonds. The molecule has 18 heavy (non-hydrogen) atoms. The molecule has 0 radical (unpaired) electrons. The van der Waals surface area contributed by atoms with Crippen molar-refractivity contribution in [3.05, 3.63) is 35.7 Å². The highest BCUT2D eigenvalue weighted by Crippen LogP contribution is 2.23. The molecule has 0 saturated heterocycles. The maximum absolute atomic E-state index is 9.78. The molecule has 0 unspecified atom stereocenters. The Morgan fingerprint density at radius 2 is 2.11 bits per heavy atom. The molecule has 0 fully saturated rings. The van der Waals surface area contributed by atoms with E-state index in [0.717, 1.165) is 11.1 Å². The van der Waals surface area contributed by atoms with Crippen molar-refractivity contribution < 1.29 is 9.63 Å². The third-order valence-corrected chi connectivity index (χ3v) is 2.62. The second-order valence-electron chi connectivity index (χ2n) is 4.90. The van der Waals surface area contributed by atoms with Crippen molar-refractivity contribution in [3.63, 3.8) is 0 Å². The zero-order valence-electron chi connectivity index (χ0n) is 10.7. The van der Waals surface area contributed by atoms with Gasteiger partial charge in [0.05, 0.1) is 0 Å². The Morgan fingerprint density at radius 3 is 2.67 bits per heavy atom. The molecule has 0 saturated carbocycles. The number of aliphatic hydroxyl groups is 1. The first-order valence-electron chi connectivity index (χ1n) is 5.80. The molecule has 1 aromatic heterocycles. The fourth-order valence-corrected chi connectivity index (χ4v) is 1.55. The van der Waals surface area contributed by atoms with Crippen LogP contribution in [0.1, 0.15) is 38.3 Å². The summed E-state index contributed by atoms with van der Waals surface area (Å²) >= 11 is 0. The minimum atomic E-state index is -1.13. The zero-order valence-corrected chi connectivity index (χ0v) is 10.7. The van der Waals surface area contributed by atoms with Gasteiger partial charge in [-0.25, -0.2) is 0 Å². The van der Waals surface area contributed by atoms with Crippen LogP contribution in [0.4, 0.5) is 0 Å². The van der Waals surface area contributed by atoms with Crippen molar-refractivity contribution in [2.45, 2.75) is 32.4 Å². The van der Waals surface area contributed by atoms with Gasteiger partial charge in [-0.15, -0.1) is 0 Å². The smallest absolute Gasteiger partial charge is 0.258 e. The molecular weight excluding hydrogens is 230 g/mol. The van der Waals surface area contributed by atoms with Crippen LogP contribution in [-0.4, -0.2) is 15.2 Å². The van der Waals surface area contributed by atoms with Gasteiger partial charge in [0.1, 0.15) is 5.60 Å². The molecule has 0 aliphatic heterocycles. The standard InChI is InChI=1S/C13H17N3O2/c1-8(14)9-5-4-6-10(7-9)11-15-12(18-16-11)13(2,3)17/h4-8,17H,14H2,1-3H3/t8-/m1/s1. The van der Waals surface area contributed by atoms with E-state index in [-0.39, 0.29) is 11.9 Å². The van der Waals surface area contributed by atoms with Crippen LogP contribution in [-0.2, 0) is 5.60 Å². The molecule has 3 N–H and O–H groups in total. The van der Waals surface area contributed by atoms with Gasteiger partial charge in [-0.1, -0.05) is 23.4 Å². The van der Waals surface area contributed by atoms with E-state index in [1.807, 2.05) is 31.2 Å². The summed E-state index contributed by atoms with van der Waals surface area (Å²) in [4.78, 5) is 4.18. The van der Waals surface area contributed by atoms with Gasteiger partial charge in [-0.3, -0.25) is 0 Å². The molecule has 5 nitrogen and oxygen atoms in total. The summed E-state index contributed by atoms with van der Waals surface area (Å²) in [6.45, 7) is 5.11. The van der Waals surface area contributed by atoms with E-state index < -0.39 is 5.60 Å². The van der Waals surface area contributed by atoms with Crippen LogP contribution in [0.15, 0.2) is 28.8 Å². The SMILES string of the molecule is C[C@@H](N)c1cccc(-c2noc(C(C)(C)O)n2)c1. The Balaban J connectivity index is 2.37. The highest BCUT2D eigenvalue weighted by Gasteiger charge is 2.24. The van der Waals surface area contributed by atoms with Gasteiger partial charge in [0.25, 0.3) is 5.89 Å². The average molecular weight is 247 g/mol. The van der Waals surface area contributed by atoms with Gasteiger partial charge in [0.2, 0.25) is 5.82 Å². The summed E-state index contributed by atoms with van der Waals surface area (Å²) in [5.74, 6) is 0.651. The highest BCUT2D eigenvalue weighted by molar-refractivity contribution is 5.55. The first kappa shape index (κ1) is 12.7. The van der Waals surface area contributed by atoms with Crippen molar-refractivity contribution in [1.82, 2.24) is 10.1 Å². The number of benzene rings is 1. The Labute approximate surface area is 106 Å². The Morgan fingerprint density at radius 1 is 1.39 bits per heavy atom. The lowest BCUT2D eigenvalue weighted by Crippen LogP contribution is -2.15. The van der Waals surface area contributed by atoms with Gasteiger partial charge in [0, 0.05) is 11.6 Å². The third kappa shape index (κ3) is 2.57. The maximum atomic E-state index is 9.78. The second-order valence-corrected chi connectivity index (χ2v) is 4.90. The van der Waals surface area contributed by atoms with Crippen LogP contribution in [0.25, 0.3) is 11.4 Å². The number of nitrogens with two attached hydrogens (primary N) is 1. The van der Waals surface area contributed by atoms with Crippen LogP contribution in [0, 0.1) is 0 Å². The van der Waals surface area contributed by atoms with E-state index in [4.69, 9.17) is 10.3 Å². The maximum Gasteiger partial charge on any atom is 0.258 e. The number of rotatable bonds is 3. The summed E-state index contributed by atoms with van der Waals surface area (Å²) in [6.07, 6.45) is 0. The van der Waals surface area contributed by atoms with Crippen LogP contribution in [0.3, 0.4) is 0 Å². The van der Waals surface area contributed by atoms with Crippen molar-refractivity contribution in [3.8, 4) is 11.4 Å². The lowest BCUT2D eigenvalue weighted by molar-refractivity contribution is 0.0420. The number of nitrogens with zero attached hydrogens (tertiary/aromatic N) is 2. The van der Waals surface area contributed by atoms with E-state index in [9.17, 15) is 5.11 Å². The predicted octanol–water partition coefficient (Wildman–Crippen LogP) is 1.98. The van der Waals surface area contributed by atoms with E-state index in [1.165, 1.54) is 0 Å². The number of hydrogen-bond acceptors (Lipinski definition) is 5. The molecule has 0 aliphatic rings. The lowest BCUT2D eigenvalue weighted by atomic mass is 10.1. The second kappa shape index (κ2) is 4.51. The highest BCUT2D eigenvalue weighted by atomic mass is 16.5. The number of aromatic nitrogens is 2. The molecule has 0 aliphatic carbocycles. The zero-order chi connectivity index (χ0) is 13.3. The van der Waals surface area contributed by atoms with Gasteiger partial charge in [0.15, 0.2) is 0 Å². The first-order chi connectivity index (χ1) is 8.38. The monoisotopic (exact) mass is 247 g/mol. The predicted molar refractivity (Wildman–Crippen MR) is 67.6 cm³/mol. The Bertz CT molecular complexity index is 541. The minimum Gasteiger partial charge on any atom is -0.381 e. The fraction of sp³-hybridized carbons (Fsp3) is 0.385. The summed E-state index contributed by atoms with van der Waals surface area (Å²) in [5, 5.41) is 13.6. The summed E-state index contributed by atoms with van der Waals surface area (Å²) < 4.78 is 5.04. The van der Waals surface area contributed by atoms with Gasteiger partial charge < -0.3 is 15.4 Å². The molecule has 2 rings (SSSR count). The Hall–Kier alpha value is -1.72. The topological polar surface area (TPSA) is 85.2 Å². The summed E-state index contributed by atoms with van der Waals surface area (Å²) in [7, 11) is 0. The molecule has 96 valence electrons. The van der Waals surface area contributed by atoms with Crippen molar-refractivity contribution in [1.29, 1.82) is 0 Å². The quantitative estimate of drug-likeness (QED) is 0.866. The average Bonchev–Trinajstić information content (AvgIpc) is 2.78. The molecule has 5 heteroatoms. The first-order valence-corrected chi connectivity index (χ1v) is 5.80. The lowest BCUT2D eigenvalue weighted by Gasteiger charge is -2.09. The minimum absolute atomic E-state index is 0.0504. The third-order valence-electron chi connectivity index (χ3n) is 2.62. The summed E-state index contributed by atoms with van der Waals surface area (Å²) in [6, 6.07) is 7.60. The van der Waals surface area contributed by atoms with Crippen LogP contribution >= 0.6 is 0 Å². The van der Waals surface area contributed by atoms with Crippen LogP contribution in [0.5, 0.6) is 0 Å². The van der Waals surface area contributed by atoms with Crippen molar-refractivity contribution in [2.75, 3.05) is 0 Å². The van der Waals surface area contributed by atoms with E-state index in [0.29, 0.717) is 5.82 Å². The number of hydrogen-bond donors (Lipinski definition) is 2. The van der Waals surface area contributed by atoms with Crippen LogP contribution in [0.2, 0.25) is 0 Å². The van der Waals surface area contributed by atoms with Gasteiger partial charge in [-0.05, 0) is 32.4 Å². The molecule has 0 bridgehead atoms. The van der Waals surface area contributed by atoms with Gasteiger partial charge in [-0.2, -0.15) is 4.98 Å². The Kier molecular flexibility index (Phi) is 3.19. The normalized spacial score (nSPS) is 13.6. The molecule has 2 aromatic rings. The van der Waals surface area contributed by atoms with E-state index in [2.05, 4.69) is 10.1 Å².